The number of carbonyl (C=O) groups excluding carboxylic acids is 1. The van der Waals surface area contributed by atoms with Crippen LogP contribution in [0.25, 0.3) is 0 Å². The number of aromatic nitrogens is 2. The molecule has 5 aliphatic rings. The first-order valence-corrected chi connectivity index (χ1v) is 15.0. The summed E-state index contributed by atoms with van der Waals surface area (Å²) in [5.41, 5.74) is -0.395. The second-order valence-electron chi connectivity index (χ2n) is 13.2. The van der Waals surface area contributed by atoms with Gasteiger partial charge in [-0.2, -0.15) is 4.98 Å². The summed E-state index contributed by atoms with van der Waals surface area (Å²) < 4.78 is 49.3. The Bertz CT molecular complexity index is 1020. The fourth-order valence-electron chi connectivity index (χ4n) is 6.96. The van der Waals surface area contributed by atoms with Gasteiger partial charge in [0.2, 0.25) is 5.89 Å². The first-order valence-electron chi connectivity index (χ1n) is 15.0. The number of nitrogens with zero attached hydrogens (tertiary/aromatic N) is 5. The number of amides is 2. The number of urea groups is 1. The van der Waals surface area contributed by atoms with Crippen molar-refractivity contribution in [3.63, 3.8) is 0 Å². The van der Waals surface area contributed by atoms with E-state index in [1.165, 1.54) is 12.8 Å². The van der Waals surface area contributed by atoms with Crippen LogP contribution in [0.15, 0.2) is 4.52 Å². The Hall–Kier alpha value is -1.88. The van der Waals surface area contributed by atoms with Gasteiger partial charge < -0.3 is 19.6 Å². The number of carbonyl (C=O) groups is 1. The van der Waals surface area contributed by atoms with E-state index in [2.05, 4.69) is 32.3 Å². The Morgan fingerprint density at radius 3 is 2.44 bits per heavy atom. The summed E-state index contributed by atoms with van der Waals surface area (Å²) in [5.74, 6) is -1.49. The van der Waals surface area contributed by atoms with Gasteiger partial charge in [-0.15, -0.1) is 0 Å². The zero-order chi connectivity index (χ0) is 27.4. The first kappa shape index (κ1) is 27.3. The van der Waals surface area contributed by atoms with Crippen LogP contribution in [0.1, 0.15) is 88.8 Å². The van der Waals surface area contributed by atoms with E-state index in [0.717, 1.165) is 38.4 Å². The van der Waals surface area contributed by atoms with Crippen LogP contribution in [-0.4, -0.2) is 101 Å². The van der Waals surface area contributed by atoms with Crippen LogP contribution in [-0.2, 0) is 5.41 Å². The third kappa shape index (κ3) is 5.80. The molecule has 6 rings (SSSR count). The molecule has 218 valence electrons. The Kier molecular flexibility index (Phi) is 7.35. The lowest BCUT2D eigenvalue weighted by Gasteiger charge is -2.47. The molecule has 2 aliphatic heterocycles. The molecule has 3 aliphatic carbocycles. The maximum Gasteiger partial charge on any atom is 0.317 e. The second-order valence-corrected chi connectivity index (χ2v) is 13.2. The zero-order valence-electron chi connectivity index (χ0n) is 23.3. The van der Waals surface area contributed by atoms with Gasteiger partial charge in [-0.05, 0) is 70.8 Å². The Morgan fingerprint density at radius 1 is 1.10 bits per heavy atom. The van der Waals surface area contributed by atoms with Gasteiger partial charge in [-0.3, -0.25) is 4.90 Å². The van der Waals surface area contributed by atoms with E-state index in [0.29, 0.717) is 63.0 Å². The summed E-state index contributed by atoms with van der Waals surface area (Å²) >= 11 is 0. The Balaban J connectivity index is 1.04. The molecule has 11 heteroatoms. The third-order valence-corrected chi connectivity index (χ3v) is 10.1. The van der Waals surface area contributed by atoms with Crippen molar-refractivity contribution in [2.75, 3.05) is 39.8 Å². The highest BCUT2D eigenvalue weighted by atomic mass is 19.3. The normalized spacial score (nSPS) is 33.3. The van der Waals surface area contributed by atoms with Gasteiger partial charge in [-0.25, -0.2) is 18.0 Å². The van der Waals surface area contributed by atoms with Gasteiger partial charge >= 0.3 is 6.03 Å². The van der Waals surface area contributed by atoms with Crippen LogP contribution < -0.4 is 5.32 Å². The van der Waals surface area contributed by atoms with Crippen LogP contribution in [0.5, 0.6) is 0 Å². The zero-order valence-corrected chi connectivity index (χ0v) is 23.3. The second kappa shape index (κ2) is 10.5. The summed E-state index contributed by atoms with van der Waals surface area (Å²) in [4.78, 5) is 24.1. The average Bonchev–Trinajstić information content (AvgIpc) is 3.82. The lowest BCUT2D eigenvalue weighted by atomic mass is 9.79. The lowest BCUT2D eigenvalue weighted by molar-refractivity contribution is -0.0960. The van der Waals surface area contributed by atoms with Crippen molar-refractivity contribution < 1.29 is 22.5 Å². The molecule has 0 aromatic carbocycles. The van der Waals surface area contributed by atoms with E-state index in [1.54, 1.807) is 4.90 Å². The molecule has 0 unspecified atom stereocenters. The number of alkyl halides is 3. The van der Waals surface area contributed by atoms with Crippen molar-refractivity contribution in [2.45, 2.75) is 113 Å². The molecule has 2 amide bonds. The molecular formula is C28H43F3N6O2. The number of hydrogen-bond donors (Lipinski definition) is 1. The highest BCUT2D eigenvalue weighted by Gasteiger charge is 2.51. The van der Waals surface area contributed by atoms with Crippen molar-refractivity contribution in [3.05, 3.63) is 11.7 Å². The summed E-state index contributed by atoms with van der Waals surface area (Å²) in [6, 6.07) is -1.43. The summed E-state index contributed by atoms with van der Waals surface area (Å²) in [6.45, 7) is 5.60. The lowest BCUT2D eigenvalue weighted by Crippen LogP contribution is -2.65. The van der Waals surface area contributed by atoms with Crippen LogP contribution >= 0.6 is 0 Å². The van der Waals surface area contributed by atoms with Crippen LogP contribution in [0.3, 0.4) is 0 Å². The van der Waals surface area contributed by atoms with Gasteiger partial charge in [0.25, 0.3) is 5.92 Å². The van der Waals surface area contributed by atoms with Crippen molar-refractivity contribution >= 4 is 6.03 Å². The molecule has 0 radical (unpaired) electrons. The molecule has 1 aromatic heterocycles. The van der Waals surface area contributed by atoms with Gasteiger partial charge in [0.15, 0.2) is 5.82 Å². The number of halogens is 3. The summed E-state index contributed by atoms with van der Waals surface area (Å²) in [5, 5.41) is 6.89. The maximum absolute atomic E-state index is 15.3. The van der Waals surface area contributed by atoms with E-state index < -0.39 is 29.6 Å². The maximum atomic E-state index is 15.3. The molecule has 5 fully saturated rings. The van der Waals surface area contributed by atoms with Crippen molar-refractivity contribution in [1.29, 1.82) is 0 Å². The molecule has 1 N–H and O–H groups in total. The minimum atomic E-state index is -2.93. The molecule has 3 saturated carbocycles. The Labute approximate surface area is 229 Å². The summed E-state index contributed by atoms with van der Waals surface area (Å²) in [7, 11) is 2.20. The van der Waals surface area contributed by atoms with E-state index >= 15 is 8.78 Å². The first-order chi connectivity index (χ1) is 18.6. The van der Waals surface area contributed by atoms with E-state index in [4.69, 9.17) is 4.52 Å². The molecule has 3 heterocycles. The standard InChI is InChI=1S/C28H43F3N6O2/c1-27(25-33-24(39-34-25)20-16-21(20)29)10-14-37(15-11-27)26(38)32-23-22(4-3-9-28(23,30)31)36-12-7-19(8-13-36)35(2)17-18-5-6-18/h18-23H,3-17H2,1-2H3,(H,32,38)/t20-,21+,22+,23-/m1/s1. The summed E-state index contributed by atoms with van der Waals surface area (Å²) in [6.07, 6.45) is 6.31. The van der Waals surface area contributed by atoms with Gasteiger partial charge in [0, 0.05) is 56.6 Å². The van der Waals surface area contributed by atoms with Crippen molar-refractivity contribution in [2.24, 2.45) is 5.92 Å². The number of likely N-dealkylation sites (tertiary alicyclic amines) is 2. The smallest absolute Gasteiger partial charge is 0.317 e. The largest absolute Gasteiger partial charge is 0.339 e. The number of piperidine rings is 2. The van der Waals surface area contributed by atoms with E-state index in [-0.39, 0.29) is 18.4 Å². The van der Waals surface area contributed by atoms with Gasteiger partial charge in [0.1, 0.15) is 12.2 Å². The number of nitrogens with one attached hydrogen (secondary N) is 1. The van der Waals surface area contributed by atoms with Crippen LogP contribution in [0.2, 0.25) is 0 Å². The minimum Gasteiger partial charge on any atom is -0.339 e. The molecule has 4 atom stereocenters. The third-order valence-electron chi connectivity index (χ3n) is 10.1. The van der Waals surface area contributed by atoms with Gasteiger partial charge in [0.05, 0.1) is 5.92 Å². The van der Waals surface area contributed by atoms with Crippen molar-refractivity contribution in [1.82, 2.24) is 30.2 Å². The van der Waals surface area contributed by atoms with Crippen molar-refractivity contribution in [3.8, 4) is 0 Å². The van der Waals surface area contributed by atoms with E-state index in [1.807, 2.05) is 6.92 Å². The highest BCUT2D eigenvalue weighted by Crippen LogP contribution is 2.44. The number of hydrogen-bond acceptors (Lipinski definition) is 6. The Morgan fingerprint density at radius 2 is 1.79 bits per heavy atom. The predicted molar refractivity (Wildman–Crippen MR) is 140 cm³/mol. The fourth-order valence-corrected chi connectivity index (χ4v) is 6.96. The SMILES string of the molecule is CN(CC1CC1)C1CCN([C@H]2CCCC(F)(F)[C@@H]2NC(=O)N2CCC(C)(c3noc([C@@H]4C[C@@H]4F)n3)CC2)CC1. The molecule has 1 aromatic rings. The van der Waals surface area contributed by atoms with Crippen LogP contribution in [0.4, 0.5) is 18.0 Å². The molecule has 8 nitrogen and oxygen atoms in total. The molecule has 0 spiro atoms. The average molecular weight is 553 g/mol. The minimum absolute atomic E-state index is 0.187. The molecule has 2 saturated heterocycles. The molecule has 0 bridgehead atoms. The van der Waals surface area contributed by atoms with E-state index in [9.17, 15) is 9.18 Å². The topological polar surface area (TPSA) is 77.7 Å². The quantitative estimate of drug-likeness (QED) is 0.543. The molecular weight excluding hydrogens is 509 g/mol. The highest BCUT2D eigenvalue weighted by molar-refractivity contribution is 5.75. The van der Waals surface area contributed by atoms with Crippen LogP contribution in [0, 0.1) is 5.92 Å². The monoisotopic (exact) mass is 552 g/mol. The molecule has 39 heavy (non-hydrogen) atoms. The fraction of sp³-hybridized carbons (Fsp3) is 0.893. The predicted octanol–water partition coefficient (Wildman–Crippen LogP) is 4.32. The number of rotatable bonds is 7. The van der Waals surface area contributed by atoms with Gasteiger partial charge in [-0.1, -0.05) is 12.1 Å².